The van der Waals surface area contributed by atoms with Gasteiger partial charge in [-0.2, -0.15) is 0 Å². The number of hydrogen-bond acceptors (Lipinski definition) is 3. The topological polar surface area (TPSA) is 38.3 Å². The molecule has 1 N–H and O–H groups in total. The molecular weight excluding hydrogens is 216 g/mol. The predicted octanol–water partition coefficient (Wildman–Crippen LogP) is 2.54. The molecule has 5 heteroatoms. The monoisotopic (exact) mass is 229 g/mol. The van der Waals surface area contributed by atoms with E-state index in [4.69, 9.17) is 0 Å². The number of nitrogens with one attached hydrogen (secondary N) is 1. The molecule has 16 heavy (non-hydrogen) atoms. The number of methoxy groups -OCH3 is 1. The maximum atomic E-state index is 12.3. The molecule has 1 unspecified atom stereocenters. The minimum Gasteiger partial charge on any atom is -0.465 e. The average molecular weight is 229 g/mol. The molecule has 0 radical (unpaired) electrons. The summed E-state index contributed by atoms with van der Waals surface area (Å²) in [6.07, 6.45) is -2.46. The first-order valence-corrected chi connectivity index (χ1v) is 4.77. The van der Waals surface area contributed by atoms with E-state index < -0.39 is 18.4 Å². The van der Waals surface area contributed by atoms with Crippen molar-refractivity contribution >= 4 is 11.7 Å². The van der Waals surface area contributed by atoms with Crippen molar-refractivity contribution in [2.75, 3.05) is 12.4 Å². The molecular formula is C11H13F2NO2. The Balaban J connectivity index is 2.78. The third kappa shape index (κ3) is 3.18. The highest BCUT2D eigenvalue weighted by molar-refractivity contribution is 5.90. The molecule has 88 valence electrons. The summed E-state index contributed by atoms with van der Waals surface area (Å²) < 4.78 is 29.1. The van der Waals surface area contributed by atoms with Crippen LogP contribution in [0, 0.1) is 0 Å². The quantitative estimate of drug-likeness (QED) is 0.806. The van der Waals surface area contributed by atoms with Crippen LogP contribution in [0.5, 0.6) is 0 Å². The van der Waals surface area contributed by atoms with Crippen molar-refractivity contribution in [3.8, 4) is 0 Å². The zero-order valence-corrected chi connectivity index (χ0v) is 9.04. The fraction of sp³-hybridized carbons (Fsp3) is 0.364. The molecule has 1 atom stereocenters. The Morgan fingerprint density at radius 2 is 2.12 bits per heavy atom. The number of esters is 1. The van der Waals surface area contributed by atoms with Gasteiger partial charge in [0.1, 0.15) is 0 Å². The van der Waals surface area contributed by atoms with Crippen molar-refractivity contribution in [1.82, 2.24) is 0 Å². The van der Waals surface area contributed by atoms with Crippen molar-refractivity contribution < 1.29 is 18.3 Å². The van der Waals surface area contributed by atoms with Gasteiger partial charge >= 0.3 is 5.97 Å². The van der Waals surface area contributed by atoms with E-state index in [9.17, 15) is 13.6 Å². The molecule has 0 amide bonds. The standard InChI is InChI=1S/C11H13F2NO2/c1-7(10(12)13)14-9-5-3-4-8(6-9)11(15)16-2/h3-7,10,14H,1-2H3. The molecule has 0 heterocycles. The Bertz CT molecular complexity index is 369. The van der Waals surface area contributed by atoms with Crippen LogP contribution in [0.2, 0.25) is 0 Å². The number of carbonyl (C=O) groups excluding carboxylic acids is 1. The second-order valence-electron chi connectivity index (χ2n) is 3.34. The van der Waals surface area contributed by atoms with Gasteiger partial charge in [-0.25, -0.2) is 13.6 Å². The zero-order chi connectivity index (χ0) is 12.1. The molecule has 1 aromatic carbocycles. The molecule has 0 fully saturated rings. The lowest BCUT2D eigenvalue weighted by Crippen LogP contribution is -2.23. The van der Waals surface area contributed by atoms with Crippen LogP contribution in [0.25, 0.3) is 0 Å². The van der Waals surface area contributed by atoms with E-state index in [0.717, 1.165) is 0 Å². The molecule has 0 saturated heterocycles. The molecule has 1 aromatic rings. The van der Waals surface area contributed by atoms with Gasteiger partial charge in [-0.05, 0) is 25.1 Å². The van der Waals surface area contributed by atoms with Crippen LogP contribution in [0.1, 0.15) is 17.3 Å². The summed E-state index contributed by atoms with van der Waals surface area (Å²) in [5, 5.41) is 2.60. The van der Waals surface area contributed by atoms with Gasteiger partial charge in [-0.3, -0.25) is 0 Å². The van der Waals surface area contributed by atoms with E-state index >= 15 is 0 Å². The number of benzene rings is 1. The van der Waals surface area contributed by atoms with Crippen molar-refractivity contribution in [3.63, 3.8) is 0 Å². The number of anilines is 1. The minimum atomic E-state index is -2.46. The largest absolute Gasteiger partial charge is 0.465 e. The Hall–Kier alpha value is -1.65. The third-order valence-corrected chi connectivity index (χ3v) is 2.06. The maximum Gasteiger partial charge on any atom is 0.337 e. The zero-order valence-electron chi connectivity index (χ0n) is 9.04. The first-order chi connectivity index (χ1) is 7.54. The number of hydrogen-bond donors (Lipinski definition) is 1. The van der Waals surface area contributed by atoms with E-state index in [1.807, 2.05) is 0 Å². The number of alkyl halides is 2. The molecule has 1 rings (SSSR count). The summed E-state index contributed by atoms with van der Waals surface area (Å²) >= 11 is 0. The van der Waals surface area contributed by atoms with Gasteiger partial charge in [0, 0.05) is 5.69 Å². The fourth-order valence-corrected chi connectivity index (χ4v) is 1.18. The van der Waals surface area contributed by atoms with E-state index in [2.05, 4.69) is 10.1 Å². The lowest BCUT2D eigenvalue weighted by Gasteiger charge is -2.14. The highest BCUT2D eigenvalue weighted by Gasteiger charge is 2.14. The Morgan fingerprint density at radius 3 is 2.69 bits per heavy atom. The summed E-state index contributed by atoms with van der Waals surface area (Å²) in [5.41, 5.74) is 0.796. The molecule has 0 aliphatic rings. The lowest BCUT2D eigenvalue weighted by atomic mass is 10.2. The van der Waals surface area contributed by atoms with Crippen LogP contribution in [0.4, 0.5) is 14.5 Å². The number of ether oxygens (including phenoxy) is 1. The fourth-order valence-electron chi connectivity index (χ4n) is 1.18. The van der Waals surface area contributed by atoms with E-state index in [1.165, 1.54) is 20.1 Å². The smallest absolute Gasteiger partial charge is 0.337 e. The second-order valence-corrected chi connectivity index (χ2v) is 3.34. The Labute approximate surface area is 92.4 Å². The lowest BCUT2D eigenvalue weighted by molar-refractivity contribution is 0.0601. The second kappa shape index (κ2) is 5.44. The molecule has 0 bridgehead atoms. The predicted molar refractivity (Wildman–Crippen MR) is 56.9 cm³/mol. The number of carbonyl (C=O) groups is 1. The summed E-state index contributed by atoms with van der Waals surface area (Å²) in [7, 11) is 1.27. The normalized spacial score (nSPS) is 12.3. The molecule has 0 aromatic heterocycles. The van der Waals surface area contributed by atoms with Gasteiger partial charge in [0.2, 0.25) is 0 Å². The molecule has 0 spiro atoms. The first kappa shape index (κ1) is 12.4. The van der Waals surface area contributed by atoms with Gasteiger partial charge in [0.15, 0.2) is 0 Å². The van der Waals surface area contributed by atoms with Gasteiger partial charge in [-0.15, -0.1) is 0 Å². The van der Waals surface area contributed by atoms with Crippen molar-refractivity contribution in [2.24, 2.45) is 0 Å². The summed E-state index contributed by atoms with van der Waals surface area (Å²) in [4.78, 5) is 11.2. The van der Waals surface area contributed by atoms with Gasteiger partial charge < -0.3 is 10.1 Å². The SMILES string of the molecule is COC(=O)c1cccc(NC(C)C(F)F)c1. The van der Waals surface area contributed by atoms with Crippen LogP contribution in [-0.4, -0.2) is 25.5 Å². The highest BCUT2D eigenvalue weighted by Crippen LogP contribution is 2.14. The van der Waals surface area contributed by atoms with Crippen LogP contribution >= 0.6 is 0 Å². The van der Waals surface area contributed by atoms with E-state index in [1.54, 1.807) is 18.2 Å². The third-order valence-electron chi connectivity index (χ3n) is 2.06. The van der Waals surface area contributed by atoms with Crippen LogP contribution in [0.3, 0.4) is 0 Å². The minimum absolute atomic E-state index is 0.328. The van der Waals surface area contributed by atoms with E-state index in [0.29, 0.717) is 11.3 Å². The van der Waals surface area contributed by atoms with E-state index in [-0.39, 0.29) is 0 Å². The van der Waals surface area contributed by atoms with Crippen molar-refractivity contribution in [3.05, 3.63) is 29.8 Å². The summed E-state index contributed by atoms with van der Waals surface area (Å²) in [5.74, 6) is -0.492. The Morgan fingerprint density at radius 1 is 1.44 bits per heavy atom. The van der Waals surface area contributed by atoms with Crippen molar-refractivity contribution in [1.29, 1.82) is 0 Å². The summed E-state index contributed by atoms with van der Waals surface area (Å²) in [6.45, 7) is 1.37. The van der Waals surface area contributed by atoms with Crippen LogP contribution in [0.15, 0.2) is 24.3 Å². The molecule has 0 aliphatic heterocycles. The average Bonchev–Trinajstić information content (AvgIpc) is 2.28. The number of rotatable bonds is 4. The molecule has 0 saturated carbocycles. The first-order valence-electron chi connectivity index (χ1n) is 4.77. The van der Waals surface area contributed by atoms with Crippen LogP contribution < -0.4 is 5.32 Å². The van der Waals surface area contributed by atoms with Gasteiger partial charge in [0.05, 0.1) is 18.7 Å². The summed E-state index contributed by atoms with van der Waals surface area (Å²) in [6, 6.07) is 5.29. The van der Waals surface area contributed by atoms with Gasteiger partial charge in [0.25, 0.3) is 6.43 Å². The van der Waals surface area contributed by atoms with Crippen LogP contribution in [-0.2, 0) is 4.74 Å². The number of halogens is 2. The van der Waals surface area contributed by atoms with Crippen molar-refractivity contribution in [2.45, 2.75) is 19.4 Å². The van der Waals surface area contributed by atoms with Gasteiger partial charge in [-0.1, -0.05) is 6.07 Å². The maximum absolute atomic E-state index is 12.3. The molecule has 3 nitrogen and oxygen atoms in total. The highest BCUT2D eigenvalue weighted by atomic mass is 19.3. The molecule has 0 aliphatic carbocycles. The Kier molecular flexibility index (Phi) is 4.22.